The van der Waals surface area contributed by atoms with Crippen molar-refractivity contribution in [3.63, 3.8) is 0 Å². The van der Waals surface area contributed by atoms with Gasteiger partial charge in [0.25, 0.3) is 0 Å². The van der Waals surface area contributed by atoms with Crippen LogP contribution < -0.4 is 0 Å². The first kappa shape index (κ1) is 18.5. The van der Waals surface area contributed by atoms with E-state index in [9.17, 15) is 15.2 Å². The molecule has 144 valence electrons. The third-order valence-corrected chi connectivity index (χ3v) is 6.05. The number of benzene rings is 2. The van der Waals surface area contributed by atoms with Crippen molar-refractivity contribution >= 4 is 6.09 Å². The van der Waals surface area contributed by atoms with Crippen LogP contribution in [-0.2, 0) is 16.9 Å². The molecule has 0 aromatic heterocycles. The molecule has 0 saturated carbocycles. The van der Waals surface area contributed by atoms with E-state index >= 15 is 0 Å². The minimum Gasteiger partial charge on any atom is -0.445 e. The standard InChI is InChI=1S/C23H24N2O3/c1-16-7-8-18(14-24)11-21(16)23(27)12-19-9-10-20(13-23)25(19)22(26)28-15-17-5-3-2-4-6-17/h2-8,11,19-20,27H,9-10,12-13,15H2,1H3. The van der Waals surface area contributed by atoms with Gasteiger partial charge in [-0.3, -0.25) is 0 Å². The van der Waals surface area contributed by atoms with Crippen molar-refractivity contribution in [3.8, 4) is 6.07 Å². The van der Waals surface area contributed by atoms with Crippen LogP contribution in [0.1, 0.15) is 47.9 Å². The molecule has 2 atom stereocenters. The summed E-state index contributed by atoms with van der Waals surface area (Å²) in [6, 6.07) is 17.1. The molecular formula is C23H24N2O3. The Morgan fingerprint density at radius 2 is 1.89 bits per heavy atom. The lowest BCUT2D eigenvalue weighted by atomic mass is 9.78. The molecule has 2 bridgehead atoms. The average molecular weight is 376 g/mol. The zero-order valence-electron chi connectivity index (χ0n) is 16.0. The Morgan fingerprint density at radius 3 is 2.54 bits per heavy atom. The van der Waals surface area contributed by atoms with Gasteiger partial charge in [0.05, 0.1) is 17.2 Å². The number of carbonyl (C=O) groups is 1. The fourth-order valence-corrected chi connectivity index (χ4v) is 4.73. The molecule has 0 aliphatic carbocycles. The van der Waals surface area contributed by atoms with Crippen LogP contribution in [0.5, 0.6) is 0 Å². The van der Waals surface area contributed by atoms with Gasteiger partial charge in [0.15, 0.2) is 0 Å². The quantitative estimate of drug-likeness (QED) is 0.878. The minimum absolute atomic E-state index is 0.0443. The highest BCUT2D eigenvalue weighted by Crippen LogP contribution is 2.46. The van der Waals surface area contributed by atoms with Gasteiger partial charge < -0.3 is 14.7 Å². The van der Waals surface area contributed by atoms with Crippen LogP contribution in [-0.4, -0.2) is 28.2 Å². The van der Waals surface area contributed by atoms with Gasteiger partial charge in [0, 0.05) is 24.9 Å². The molecule has 28 heavy (non-hydrogen) atoms. The molecule has 2 aromatic carbocycles. The molecule has 5 nitrogen and oxygen atoms in total. The Kier molecular flexibility index (Phi) is 4.82. The summed E-state index contributed by atoms with van der Waals surface area (Å²) in [6.07, 6.45) is 2.37. The lowest BCUT2D eigenvalue weighted by Crippen LogP contribution is -2.52. The number of nitriles is 1. The number of hydrogen-bond acceptors (Lipinski definition) is 4. The number of carbonyl (C=O) groups excluding carboxylic acids is 1. The number of aryl methyl sites for hydroxylation is 1. The molecule has 1 N–H and O–H groups in total. The van der Waals surface area contributed by atoms with E-state index in [1.165, 1.54) is 0 Å². The van der Waals surface area contributed by atoms with E-state index in [2.05, 4.69) is 6.07 Å². The van der Waals surface area contributed by atoms with Gasteiger partial charge in [0.2, 0.25) is 0 Å². The minimum atomic E-state index is -1.01. The lowest BCUT2D eigenvalue weighted by molar-refractivity contribution is -0.0540. The second-order valence-electron chi connectivity index (χ2n) is 7.91. The highest BCUT2D eigenvalue weighted by atomic mass is 16.6. The Morgan fingerprint density at radius 1 is 1.21 bits per heavy atom. The number of piperidine rings is 1. The van der Waals surface area contributed by atoms with Gasteiger partial charge in [-0.25, -0.2) is 4.79 Å². The van der Waals surface area contributed by atoms with Crippen molar-refractivity contribution in [3.05, 3.63) is 70.8 Å². The molecule has 2 heterocycles. The van der Waals surface area contributed by atoms with E-state index < -0.39 is 5.60 Å². The Hall–Kier alpha value is -2.84. The Bertz CT molecular complexity index is 905. The Balaban J connectivity index is 1.50. The van der Waals surface area contributed by atoms with Crippen LogP contribution in [0.2, 0.25) is 0 Å². The highest BCUT2D eigenvalue weighted by Gasteiger charge is 2.51. The van der Waals surface area contributed by atoms with E-state index in [1.54, 1.807) is 12.1 Å². The zero-order chi connectivity index (χ0) is 19.7. The largest absolute Gasteiger partial charge is 0.445 e. The van der Waals surface area contributed by atoms with Gasteiger partial charge in [-0.1, -0.05) is 36.4 Å². The fraction of sp³-hybridized carbons (Fsp3) is 0.391. The van der Waals surface area contributed by atoms with E-state index in [-0.39, 0.29) is 24.8 Å². The summed E-state index contributed by atoms with van der Waals surface area (Å²) in [7, 11) is 0. The maximum absolute atomic E-state index is 12.7. The van der Waals surface area contributed by atoms with Crippen LogP contribution in [0.4, 0.5) is 4.79 Å². The van der Waals surface area contributed by atoms with Crippen molar-refractivity contribution in [2.45, 2.75) is 56.9 Å². The molecule has 2 aliphatic rings. The van der Waals surface area contributed by atoms with Crippen LogP contribution in [0.15, 0.2) is 48.5 Å². The zero-order valence-corrected chi connectivity index (χ0v) is 16.0. The summed E-state index contributed by atoms with van der Waals surface area (Å²) < 4.78 is 5.54. The molecule has 2 fully saturated rings. The van der Waals surface area contributed by atoms with Gasteiger partial charge in [-0.15, -0.1) is 0 Å². The van der Waals surface area contributed by atoms with E-state index in [0.29, 0.717) is 18.4 Å². The van der Waals surface area contributed by atoms with Crippen LogP contribution in [0.3, 0.4) is 0 Å². The van der Waals surface area contributed by atoms with Gasteiger partial charge in [-0.2, -0.15) is 5.26 Å². The van der Waals surface area contributed by atoms with Gasteiger partial charge in [0.1, 0.15) is 6.61 Å². The number of rotatable bonds is 3. The molecule has 2 aromatic rings. The van der Waals surface area contributed by atoms with Crippen molar-refractivity contribution in [2.24, 2.45) is 0 Å². The topological polar surface area (TPSA) is 73.6 Å². The summed E-state index contributed by atoms with van der Waals surface area (Å²) in [5.74, 6) is 0. The molecular weight excluding hydrogens is 352 g/mol. The normalized spacial score (nSPS) is 26.0. The molecule has 4 rings (SSSR count). The number of amides is 1. The molecule has 1 amide bonds. The van der Waals surface area contributed by atoms with Crippen molar-refractivity contribution in [1.82, 2.24) is 4.90 Å². The first-order chi connectivity index (χ1) is 13.5. The molecule has 5 heteroatoms. The van der Waals surface area contributed by atoms with Crippen molar-refractivity contribution < 1.29 is 14.6 Å². The first-order valence-corrected chi connectivity index (χ1v) is 9.73. The summed E-state index contributed by atoms with van der Waals surface area (Å²) >= 11 is 0. The van der Waals surface area contributed by atoms with Crippen molar-refractivity contribution in [1.29, 1.82) is 5.26 Å². The van der Waals surface area contributed by atoms with Gasteiger partial charge in [-0.05, 0) is 48.6 Å². The number of fused-ring (bicyclic) bond motifs is 2. The molecule has 2 aliphatic heterocycles. The number of nitrogens with zero attached hydrogens (tertiary/aromatic N) is 2. The van der Waals surface area contributed by atoms with E-state index in [0.717, 1.165) is 29.5 Å². The second-order valence-corrected chi connectivity index (χ2v) is 7.91. The summed E-state index contributed by atoms with van der Waals surface area (Å²) in [6.45, 7) is 2.21. The number of ether oxygens (including phenoxy) is 1. The van der Waals surface area contributed by atoms with E-state index in [1.807, 2.05) is 48.2 Å². The summed E-state index contributed by atoms with van der Waals surface area (Å²) in [5, 5.41) is 20.7. The predicted octanol–water partition coefficient (Wildman–Crippen LogP) is 4.02. The second kappa shape index (κ2) is 7.29. The number of hydrogen-bond donors (Lipinski definition) is 1. The number of aliphatic hydroxyl groups is 1. The Labute approximate surface area is 165 Å². The average Bonchev–Trinajstić information content (AvgIpc) is 2.99. The maximum atomic E-state index is 12.7. The fourth-order valence-electron chi connectivity index (χ4n) is 4.73. The molecule has 2 unspecified atom stereocenters. The van der Waals surface area contributed by atoms with Crippen LogP contribution in [0.25, 0.3) is 0 Å². The molecule has 0 spiro atoms. The first-order valence-electron chi connectivity index (χ1n) is 9.73. The van der Waals surface area contributed by atoms with Gasteiger partial charge >= 0.3 is 6.09 Å². The molecule has 2 saturated heterocycles. The maximum Gasteiger partial charge on any atom is 0.410 e. The van der Waals surface area contributed by atoms with E-state index in [4.69, 9.17) is 4.74 Å². The van der Waals surface area contributed by atoms with Crippen LogP contribution in [0, 0.1) is 18.3 Å². The summed E-state index contributed by atoms with van der Waals surface area (Å²) in [5.41, 5.74) is 2.27. The smallest absolute Gasteiger partial charge is 0.410 e. The highest BCUT2D eigenvalue weighted by molar-refractivity contribution is 5.69. The monoisotopic (exact) mass is 376 g/mol. The third kappa shape index (κ3) is 3.36. The lowest BCUT2D eigenvalue weighted by Gasteiger charge is -2.44. The predicted molar refractivity (Wildman–Crippen MR) is 104 cm³/mol. The molecule has 0 radical (unpaired) electrons. The summed E-state index contributed by atoms with van der Waals surface area (Å²) in [4.78, 5) is 14.5. The SMILES string of the molecule is Cc1ccc(C#N)cc1C1(O)CC2CCC(C1)N2C(=O)OCc1ccccc1. The van der Waals surface area contributed by atoms with Crippen molar-refractivity contribution in [2.75, 3.05) is 0 Å². The third-order valence-electron chi connectivity index (χ3n) is 6.05. The van der Waals surface area contributed by atoms with Crippen LogP contribution >= 0.6 is 0 Å².